The predicted molar refractivity (Wildman–Crippen MR) is 111 cm³/mol. The summed E-state index contributed by atoms with van der Waals surface area (Å²) >= 11 is 3.42. The van der Waals surface area contributed by atoms with E-state index in [0.29, 0.717) is 12.1 Å². The van der Waals surface area contributed by atoms with Gasteiger partial charge in [-0.15, -0.1) is 0 Å². The average molecular weight is 420 g/mol. The van der Waals surface area contributed by atoms with Crippen LogP contribution in [0.25, 0.3) is 16.7 Å². The summed E-state index contributed by atoms with van der Waals surface area (Å²) in [4.78, 5) is 19.3. The van der Waals surface area contributed by atoms with Crippen molar-refractivity contribution in [3.8, 4) is 5.69 Å². The third-order valence-electron chi connectivity index (χ3n) is 4.44. The number of rotatable bonds is 4. The number of carbonyl (C=O) groups is 1. The van der Waals surface area contributed by atoms with Gasteiger partial charge < -0.3 is 4.90 Å². The Morgan fingerprint density at radius 3 is 2.52 bits per heavy atom. The minimum atomic E-state index is -0.0389. The minimum absolute atomic E-state index is 0.0389. The van der Waals surface area contributed by atoms with E-state index in [1.807, 2.05) is 72.8 Å². The molecule has 0 atom stereocenters. The molecule has 0 saturated heterocycles. The number of carbonyl (C=O) groups excluding carboxylic acids is 1. The first-order valence-corrected chi connectivity index (χ1v) is 9.45. The van der Waals surface area contributed by atoms with Crippen LogP contribution < -0.4 is 0 Å². The molecule has 0 bridgehead atoms. The second kappa shape index (κ2) is 7.37. The van der Waals surface area contributed by atoms with E-state index >= 15 is 0 Å². The molecule has 0 radical (unpaired) electrons. The van der Waals surface area contributed by atoms with Crippen LogP contribution in [0.5, 0.6) is 0 Å². The van der Waals surface area contributed by atoms with Crippen LogP contribution in [-0.2, 0) is 6.54 Å². The molecule has 0 aliphatic carbocycles. The lowest BCUT2D eigenvalue weighted by molar-refractivity contribution is 0.0781. The summed E-state index contributed by atoms with van der Waals surface area (Å²) in [5.41, 5.74) is 3.63. The zero-order chi connectivity index (χ0) is 18.8. The van der Waals surface area contributed by atoms with Crippen molar-refractivity contribution in [1.82, 2.24) is 14.5 Å². The Labute approximate surface area is 166 Å². The van der Waals surface area contributed by atoms with Gasteiger partial charge in [0.1, 0.15) is 5.82 Å². The molecule has 5 heteroatoms. The normalized spacial score (nSPS) is 10.9. The Morgan fingerprint density at radius 2 is 1.74 bits per heavy atom. The number of fused-ring (bicyclic) bond motifs is 1. The first-order valence-electron chi connectivity index (χ1n) is 8.66. The van der Waals surface area contributed by atoms with Gasteiger partial charge in [-0.1, -0.05) is 52.3 Å². The van der Waals surface area contributed by atoms with Gasteiger partial charge in [-0.3, -0.25) is 9.36 Å². The molecule has 3 aromatic carbocycles. The standard InChI is InChI=1S/C22H18BrN3O/c1-25(22(27)16-8-7-9-17(23)14-16)15-21-24-19-12-5-6-13-20(19)26(21)18-10-3-2-4-11-18/h2-14H,15H2,1H3. The number of aromatic nitrogens is 2. The maximum atomic E-state index is 12.8. The van der Waals surface area contributed by atoms with Crippen LogP contribution in [0.1, 0.15) is 16.2 Å². The summed E-state index contributed by atoms with van der Waals surface area (Å²) in [5.74, 6) is 0.788. The predicted octanol–water partition coefficient (Wildman–Crippen LogP) is 5.06. The molecule has 0 N–H and O–H groups in total. The monoisotopic (exact) mass is 419 g/mol. The van der Waals surface area contributed by atoms with Gasteiger partial charge in [0.25, 0.3) is 5.91 Å². The van der Waals surface area contributed by atoms with Crippen molar-refractivity contribution in [3.05, 3.63) is 94.7 Å². The number of amides is 1. The van der Waals surface area contributed by atoms with E-state index in [2.05, 4.69) is 26.6 Å². The van der Waals surface area contributed by atoms with E-state index < -0.39 is 0 Å². The molecule has 0 aliphatic rings. The van der Waals surface area contributed by atoms with E-state index in [1.165, 1.54) is 0 Å². The van der Waals surface area contributed by atoms with Gasteiger partial charge in [-0.05, 0) is 42.5 Å². The summed E-state index contributed by atoms with van der Waals surface area (Å²) in [6.45, 7) is 0.412. The number of halogens is 1. The number of hydrogen-bond acceptors (Lipinski definition) is 2. The van der Waals surface area contributed by atoms with Crippen molar-refractivity contribution >= 4 is 32.9 Å². The summed E-state index contributed by atoms with van der Waals surface area (Å²) in [7, 11) is 1.80. The maximum Gasteiger partial charge on any atom is 0.254 e. The summed E-state index contributed by atoms with van der Waals surface area (Å²) in [5, 5.41) is 0. The Hall–Kier alpha value is -2.92. The average Bonchev–Trinajstić information content (AvgIpc) is 3.05. The summed E-state index contributed by atoms with van der Waals surface area (Å²) < 4.78 is 3.00. The third kappa shape index (κ3) is 3.51. The Morgan fingerprint density at radius 1 is 1.00 bits per heavy atom. The molecule has 134 valence electrons. The van der Waals surface area contributed by atoms with Crippen molar-refractivity contribution in [2.24, 2.45) is 0 Å². The highest BCUT2D eigenvalue weighted by molar-refractivity contribution is 9.10. The van der Waals surface area contributed by atoms with Crippen molar-refractivity contribution in [2.45, 2.75) is 6.54 Å². The Balaban J connectivity index is 1.72. The second-order valence-electron chi connectivity index (χ2n) is 6.36. The van der Waals surface area contributed by atoms with E-state index in [-0.39, 0.29) is 5.91 Å². The van der Waals surface area contributed by atoms with Crippen LogP contribution in [0.15, 0.2) is 83.3 Å². The highest BCUT2D eigenvalue weighted by Crippen LogP contribution is 2.23. The van der Waals surface area contributed by atoms with Crippen LogP contribution in [0.2, 0.25) is 0 Å². The fourth-order valence-electron chi connectivity index (χ4n) is 3.17. The third-order valence-corrected chi connectivity index (χ3v) is 4.93. The first-order chi connectivity index (χ1) is 13.1. The SMILES string of the molecule is CN(Cc1nc2ccccc2n1-c1ccccc1)C(=O)c1cccc(Br)c1. The molecule has 0 unspecified atom stereocenters. The highest BCUT2D eigenvalue weighted by atomic mass is 79.9. The van der Waals surface area contributed by atoms with Crippen LogP contribution in [0.4, 0.5) is 0 Å². The van der Waals surface area contributed by atoms with Gasteiger partial charge in [0.15, 0.2) is 0 Å². The van der Waals surface area contributed by atoms with Crippen LogP contribution >= 0.6 is 15.9 Å². The molecule has 4 nitrogen and oxygen atoms in total. The van der Waals surface area contributed by atoms with Crippen molar-refractivity contribution in [3.63, 3.8) is 0 Å². The van der Waals surface area contributed by atoms with Crippen LogP contribution in [-0.4, -0.2) is 27.4 Å². The van der Waals surface area contributed by atoms with Crippen molar-refractivity contribution in [2.75, 3.05) is 7.05 Å². The van der Waals surface area contributed by atoms with Crippen molar-refractivity contribution < 1.29 is 4.79 Å². The maximum absolute atomic E-state index is 12.8. The number of hydrogen-bond donors (Lipinski definition) is 0. The highest BCUT2D eigenvalue weighted by Gasteiger charge is 2.18. The summed E-state index contributed by atoms with van der Waals surface area (Å²) in [6.07, 6.45) is 0. The molecule has 1 heterocycles. The second-order valence-corrected chi connectivity index (χ2v) is 7.27. The molecule has 4 aromatic rings. The lowest BCUT2D eigenvalue weighted by Crippen LogP contribution is -2.27. The molecule has 1 amide bonds. The van der Waals surface area contributed by atoms with E-state index in [1.54, 1.807) is 11.9 Å². The zero-order valence-corrected chi connectivity index (χ0v) is 16.4. The Bertz CT molecular complexity index is 1100. The molecule has 27 heavy (non-hydrogen) atoms. The summed E-state index contributed by atoms with van der Waals surface area (Å²) in [6, 6.07) is 25.6. The number of nitrogens with zero attached hydrogens (tertiary/aromatic N) is 3. The van der Waals surface area contributed by atoms with Gasteiger partial charge in [-0.25, -0.2) is 4.98 Å². The fourth-order valence-corrected chi connectivity index (χ4v) is 3.57. The smallest absolute Gasteiger partial charge is 0.254 e. The quantitative estimate of drug-likeness (QED) is 0.463. The zero-order valence-electron chi connectivity index (χ0n) is 14.8. The van der Waals surface area contributed by atoms with E-state index in [9.17, 15) is 4.79 Å². The lowest BCUT2D eigenvalue weighted by atomic mass is 10.2. The van der Waals surface area contributed by atoms with Gasteiger partial charge in [0, 0.05) is 22.8 Å². The van der Waals surface area contributed by atoms with Gasteiger partial charge in [0.2, 0.25) is 0 Å². The van der Waals surface area contributed by atoms with Crippen LogP contribution in [0, 0.1) is 0 Å². The van der Waals surface area contributed by atoms with Crippen LogP contribution in [0.3, 0.4) is 0 Å². The van der Waals surface area contributed by atoms with Gasteiger partial charge in [0.05, 0.1) is 17.6 Å². The minimum Gasteiger partial charge on any atom is -0.334 e. The molecule has 4 rings (SSSR count). The number of imidazole rings is 1. The molecule has 0 spiro atoms. The molecule has 1 aromatic heterocycles. The topological polar surface area (TPSA) is 38.1 Å². The molecule has 0 fully saturated rings. The number of para-hydroxylation sites is 3. The molecule has 0 saturated carbocycles. The van der Waals surface area contributed by atoms with Crippen molar-refractivity contribution in [1.29, 1.82) is 0 Å². The molecular formula is C22H18BrN3O. The Kier molecular flexibility index (Phi) is 4.77. The van der Waals surface area contributed by atoms with Gasteiger partial charge in [-0.2, -0.15) is 0 Å². The van der Waals surface area contributed by atoms with E-state index in [4.69, 9.17) is 4.98 Å². The molecular weight excluding hydrogens is 402 g/mol. The lowest BCUT2D eigenvalue weighted by Gasteiger charge is -2.18. The number of benzene rings is 3. The fraction of sp³-hybridized carbons (Fsp3) is 0.0909. The first kappa shape index (κ1) is 17.5. The van der Waals surface area contributed by atoms with Gasteiger partial charge >= 0.3 is 0 Å². The molecule has 0 aliphatic heterocycles. The largest absolute Gasteiger partial charge is 0.334 e. The van der Waals surface area contributed by atoms with E-state index in [0.717, 1.165) is 27.0 Å².